The summed E-state index contributed by atoms with van der Waals surface area (Å²) in [5.74, 6) is 1.29. The highest BCUT2D eigenvalue weighted by Crippen LogP contribution is 2.32. The van der Waals surface area contributed by atoms with Crippen LogP contribution in [0.3, 0.4) is 0 Å². The molecule has 0 amide bonds. The minimum Gasteiger partial charge on any atom is -0.493 e. The number of fused-ring (bicyclic) bond motifs is 1. The molecule has 1 aliphatic heterocycles. The van der Waals surface area contributed by atoms with Crippen LogP contribution in [0, 0.1) is 0 Å². The fourth-order valence-electron chi connectivity index (χ4n) is 4.26. The van der Waals surface area contributed by atoms with Crippen LogP contribution >= 0.6 is 0 Å². The monoisotopic (exact) mass is 489 g/mol. The molecule has 34 heavy (non-hydrogen) atoms. The summed E-state index contributed by atoms with van der Waals surface area (Å²) >= 11 is 0. The molecule has 2 aromatic heterocycles. The summed E-state index contributed by atoms with van der Waals surface area (Å²) in [6, 6.07) is 4.59. The summed E-state index contributed by atoms with van der Waals surface area (Å²) in [7, 11) is -3.79. The standard InChI is InChI=1S/C23H31N5O5S/c1-4-7-18-22-25-21(26-23(30)28(22)20(5-2)24-18)17-14-16(8-9-19(17)33-6-3)34(31,32)27-12-10-15(29)11-13-27/h8-9,14-15,29H,4-7,10-13H2,1-3H3,(H,25,26,30). The summed E-state index contributed by atoms with van der Waals surface area (Å²) in [6.07, 6.45) is 2.42. The van der Waals surface area contributed by atoms with Gasteiger partial charge in [0.05, 0.1) is 28.9 Å². The van der Waals surface area contributed by atoms with Gasteiger partial charge in [-0.25, -0.2) is 27.6 Å². The molecule has 1 aromatic carbocycles. The fourth-order valence-corrected chi connectivity index (χ4v) is 5.76. The Labute approximate surface area is 198 Å². The molecule has 0 bridgehead atoms. The Hall–Kier alpha value is -2.76. The number of H-pyrrole nitrogens is 1. The van der Waals surface area contributed by atoms with Crippen molar-refractivity contribution < 1.29 is 18.3 Å². The molecule has 0 atom stereocenters. The van der Waals surface area contributed by atoms with Gasteiger partial charge in [0.25, 0.3) is 0 Å². The minimum atomic E-state index is -3.79. The smallest absolute Gasteiger partial charge is 0.334 e. The van der Waals surface area contributed by atoms with Crippen LogP contribution in [0.25, 0.3) is 17.0 Å². The maximum Gasteiger partial charge on any atom is 0.334 e. The first-order chi connectivity index (χ1) is 16.3. The molecule has 0 aliphatic carbocycles. The number of hydrogen-bond donors (Lipinski definition) is 2. The minimum absolute atomic E-state index is 0.0846. The number of nitrogens with one attached hydrogen (secondary N) is 1. The topological polar surface area (TPSA) is 130 Å². The Morgan fingerprint density at radius 1 is 1.18 bits per heavy atom. The van der Waals surface area contributed by atoms with Gasteiger partial charge in [-0.15, -0.1) is 0 Å². The second-order valence-corrected chi connectivity index (χ2v) is 10.3. The van der Waals surface area contributed by atoms with Crippen molar-refractivity contribution in [1.82, 2.24) is 23.7 Å². The molecule has 3 heterocycles. The molecule has 0 saturated carbocycles. The SMILES string of the molecule is CCCc1nc(CC)n2c(=O)[nH]c(-c3cc(S(=O)(=O)N4CCC(O)CC4)ccc3OCC)nc12. The van der Waals surface area contributed by atoms with Gasteiger partial charge in [0.2, 0.25) is 10.0 Å². The zero-order valence-corrected chi connectivity index (χ0v) is 20.6. The number of sulfonamides is 1. The number of imidazole rings is 1. The van der Waals surface area contributed by atoms with Crippen molar-refractivity contribution >= 4 is 15.7 Å². The number of aliphatic hydroxyl groups is 1. The Kier molecular flexibility index (Phi) is 7.06. The number of hydrogen-bond acceptors (Lipinski definition) is 7. The van der Waals surface area contributed by atoms with E-state index in [-0.39, 0.29) is 29.5 Å². The van der Waals surface area contributed by atoms with E-state index in [1.165, 1.54) is 20.8 Å². The second kappa shape index (κ2) is 9.85. The first-order valence-corrected chi connectivity index (χ1v) is 13.2. The number of benzene rings is 1. The average molecular weight is 490 g/mol. The summed E-state index contributed by atoms with van der Waals surface area (Å²) in [5.41, 5.74) is 1.21. The van der Waals surface area contributed by atoms with Crippen molar-refractivity contribution in [2.24, 2.45) is 0 Å². The second-order valence-electron chi connectivity index (χ2n) is 8.35. The number of aliphatic hydroxyl groups excluding tert-OH is 1. The molecular weight excluding hydrogens is 458 g/mol. The van der Waals surface area contributed by atoms with E-state index in [1.807, 2.05) is 20.8 Å². The number of nitrogens with zero attached hydrogens (tertiary/aromatic N) is 4. The fraction of sp³-hybridized carbons (Fsp3) is 0.522. The average Bonchev–Trinajstić information content (AvgIpc) is 3.18. The third kappa shape index (κ3) is 4.47. The highest BCUT2D eigenvalue weighted by molar-refractivity contribution is 7.89. The lowest BCUT2D eigenvalue weighted by atomic mass is 10.1. The van der Waals surface area contributed by atoms with Crippen LogP contribution in [0.5, 0.6) is 5.75 Å². The quantitative estimate of drug-likeness (QED) is 0.496. The van der Waals surface area contributed by atoms with E-state index < -0.39 is 16.1 Å². The van der Waals surface area contributed by atoms with Crippen molar-refractivity contribution in [1.29, 1.82) is 0 Å². The summed E-state index contributed by atoms with van der Waals surface area (Å²) in [5, 5.41) is 9.76. The van der Waals surface area contributed by atoms with E-state index in [1.54, 1.807) is 6.07 Å². The molecule has 1 saturated heterocycles. The zero-order valence-electron chi connectivity index (χ0n) is 19.7. The maximum atomic E-state index is 13.3. The number of ether oxygens (including phenoxy) is 1. The third-order valence-corrected chi connectivity index (χ3v) is 7.90. The van der Waals surface area contributed by atoms with Crippen LogP contribution in [0.1, 0.15) is 51.6 Å². The first kappa shape index (κ1) is 24.4. The van der Waals surface area contributed by atoms with Gasteiger partial charge in [0.1, 0.15) is 17.4 Å². The number of aromatic amines is 1. The molecule has 0 spiro atoms. The van der Waals surface area contributed by atoms with Crippen molar-refractivity contribution in [3.8, 4) is 17.1 Å². The van der Waals surface area contributed by atoms with Gasteiger partial charge in [0, 0.05) is 19.5 Å². The van der Waals surface area contributed by atoms with Gasteiger partial charge in [-0.3, -0.25) is 4.98 Å². The van der Waals surface area contributed by atoms with Crippen LogP contribution < -0.4 is 10.4 Å². The predicted octanol–water partition coefficient (Wildman–Crippen LogP) is 2.14. The molecule has 0 unspecified atom stereocenters. The Balaban J connectivity index is 1.86. The number of rotatable bonds is 8. The predicted molar refractivity (Wildman–Crippen MR) is 128 cm³/mol. The lowest BCUT2D eigenvalue weighted by Crippen LogP contribution is -2.40. The lowest BCUT2D eigenvalue weighted by Gasteiger charge is -2.29. The van der Waals surface area contributed by atoms with Crippen molar-refractivity contribution in [3.63, 3.8) is 0 Å². The van der Waals surface area contributed by atoms with Crippen LogP contribution in [0.4, 0.5) is 0 Å². The van der Waals surface area contributed by atoms with Crippen LogP contribution in [0.2, 0.25) is 0 Å². The molecule has 10 nitrogen and oxygen atoms in total. The molecule has 4 rings (SSSR count). The van der Waals surface area contributed by atoms with Crippen LogP contribution in [-0.2, 0) is 22.9 Å². The lowest BCUT2D eigenvalue weighted by molar-refractivity contribution is 0.113. The van der Waals surface area contributed by atoms with E-state index in [0.29, 0.717) is 55.1 Å². The molecule has 3 aromatic rings. The normalized spacial score (nSPS) is 15.8. The van der Waals surface area contributed by atoms with Crippen LogP contribution in [-0.4, -0.2) is 63.0 Å². The molecule has 11 heteroatoms. The Morgan fingerprint density at radius 2 is 1.91 bits per heavy atom. The van der Waals surface area contributed by atoms with Gasteiger partial charge in [-0.2, -0.15) is 4.31 Å². The molecular formula is C23H31N5O5S. The molecule has 2 N–H and O–H groups in total. The highest BCUT2D eigenvalue weighted by Gasteiger charge is 2.30. The number of aromatic nitrogens is 4. The highest BCUT2D eigenvalue weighted by atomic mass is 32.2. The summed E-state index contributed by atoms with van der Waals surface area (Å²) < 4.78 is 35.2. The number of piperidine rings is 1. The maximum absolute atomic E-state index is 13.3. The number of aryl methyl sites for hydroxylation is 2. The third-order valence-electron chi connectivity index (χ3n) is 6.01. The Bertz CT molecular complexity index is 1340. The molecule has 184 valence electrons. The largest absolute Gasteiger partial charge is 0.493 e. The van der Waals surface area contributed by atoms with E-state index in [4.69, 9.17) is 9.72 Å². The van der Waals surface area contributed by atoms with Crippen molar-refractivity contribution in [3.05, 3.63) is 40.2 Å². The van der Waals surface area contributed by atoms with E-state index in [0.717, 1.165) is 12.1 Å². The van der Waals surface area contributed by atoms with Gasteiger partial charge in [0.15, 0.2) is 5.65 Å². The summed E-state index contributed by atoms with van der Waals surface area (Å²) in [6.45, 7) is 6.66. The molecule has 1 fully saturated rings. The Morgan fingerprint density at radius 3 is 2.56 bits per heavy atom. The van der Waals surface area contributed by atoms with Crippen molar-refractivity contribution in [2.45, 2.75) is 63.9 Å². The van der Waals surface area contributed by atoms with Gasteiger partial charge >= 0.3 is 5.69 Å². The van der Waals surface area contributed by atoms with Gasteiger partial charge in [-0.1, -0.05) is 20.3 Å². The molecule has 1 aliphatic rings. The van der Waals surface area contributed by atoms with E-state index in [2.05, 4.69) is 9.97 Å². The first-order valence-electron chi connectivity index (χ1n) is 11.8. The summed E-state index contributed by atoms with van der Waals surface area (Å²) in [4.78, 5) is 25.2. The van der Waals surface area contributed by atoms with Crippen molar-refractivity contribution in [2.75, 3.05) is 19.7 Å². The van der Waals surface area contributed by atoms with Crippen LogP contribution in [0.15, 0.2) is 27.9 Å². The zero-order chi connectivity index (χ0) is 24.5. The van der Waals surface area contributed by atoms with E-state index >= 15 is 0 Å². The molecule has 0 radical (unpaired) electrons. The van der Waals surface area contributed by atoms with Gasteiger partial charge in [-0.05, 0) is 44.4 Å². The van der Waals surface area contributed by atoms with Gasteiger partial charge < -0.3 is 9.84 Å². The van der Waals surface area contributed by atoms with E-state index in [9.17, 15) is 18.3 Å².